The van der Waals surface area contributed by atoms with Gasteiger partial charge in [-0.1, -0.05) is 25.1 Å². The fourth-order valence-corrected chi connectivity index (χ4v) is 1.90. The van der Waals surface area contributed by atoms with Crippen molar-refractivity contribution < 1.29 is 4.79 Å². The molecule has 0 saturated heterocycles. The summed E-state index contributed by atoms with van der Waals surface area (Å²) in [6, 6.07) is 5.97. The molecule has 78 valence electrons. The molecule has 0 aromatic heterocycles. The first-order valence-electron chi connectivity index (χ1n) is 5.26. The number of hydrogen-bond acceptors (Lipinski definition) is 2. The molecule has 15 heavy (non-hydrogen) atoms. The number of rotatable bonds is 2. The second-order valence-electron chi connectivity index (χ2n) is 3.89. The highest BCUT2D eigenvalue weighted by Gasteiger charge is 2.14. The van der Waals surface area contributed by atoms with Crippen LogP contribution in [0, 0.1) is 0 Å². The zero-order chi connectivity index (χ0) is 10.8. The number of Topliss-reactive ketones (excluding diaryl/α,β-unsaturated/α-hetero) is 1. The molecule has 1 aliphatic heterocycles. The van der Waals surface area contributed by atoms with Gasteiger partial charge in [-0.3, -0.25) is 4.79 Å². The van der Waals surface area contributed by atoms with Gasteiger partial charge in [0, 0.05) is 25.6 Å². The van der Waals surface area contributed by atoms with Crippen LogP contribution >= 0.6 is 0 Å². The van der Waals surface area contributed by atoms with Crippen molar-refractivity contribution in [1.82, 2.24) is 4.90 Å². The van der Waals surface area contributed by atoms with Crippen molar-refractivity contribution in [3.05, 3.63) is 41.1 Å². The normalized spacial score (nSPS) is 13.9. The standard InChI is InChI=1S/C13H15NO/c1-3-13(15)12-6-4-5-10-9-14(2)8-7-11(10)12/h4-8H,3,9H2,1-2H3. The summed E-state index contributed by atoms with van der Waals surface area (Å²) in [6.07, 6.45) is 4.62. The molecule has 1 aliphatic rings. The number of fused-ring (bicyclic) bond motifs is 1. The summed E-state index contributed by atoms with van der Waals surface area (Å²) >= 11 is 0. The Morgan fingerprint density at radius 3 is 3.00 bits per heavy atom. The molecule has 0 unspecified atom stereocenters. The van der Waals surface area contributed by atoms with E-state index in [2.05, 4.69) is 11.0 Å². The number of ketones is 1. The SMILES string of the molecule is CCC(=O)c1cccc2c1C=CN(C)C2. The van der Waals surface area contributed by atoms with Gasteiger partial charge in [0.15, 0.2) is 5.78 Å². The second kappa shape index (κ2) is 3.89. The summed E-state index contributed by atoms with van der Waals surface area (Å²) < 4.78 is 0. The number of carbonyl (C=O) groups is 1. The average Bonchev–Trinajstić information content (AvgIpc) is 2.26. The smallest absolute Gasteiger partial charge is 0.163 e. The first-order valence-corrected chi connectivity index (χ1v) is 5.26. The first-order chi connectivity index (χ1) is 7.22. The van der Waals surface area contributed by atoms with Crippen molar-refractivity contribution >= 4 is 11.9 Å². The van der Waals surface area contributed by atoms with E-state index in [1.165, 1.54) is 5.56 Å². The van der Waals surface area contributed by atoms with Gasteiger partial charge in [0.2, 0.25) is 0 Å². The molecule has 2 heteroatoms. The maximum atomic E-state index is 11.7. The minimum Gasteiger partial charge on any atom is -0.376 e. The molecule has 0 spiro atoms. The van der Waals surface area contributed by atoms with Crippen molar-refractivity contribution in [2.24, 2.45) is 0 Å². The van der Waals surface area contributed by atoms with E-state index >= 15 is 0 Å². The summed E-state index contributed by atoms with van der Waals surface area (Å²) in [7, 11) is 2.04. The molecule has 1 aromatic rings. The van der Waals surface area contributed by atoms with Gasteiger partial charge in [0.25, 0.3) is 0 Å². The molecular weight excluding hydrogens is 186 g/mol. The molecule has 1 aromatic carbocycles. The summed E-state index contributed by atoms with van der Waals surface area (Å²) in [5.74, 6) is 0.223. The lowest BCUT2D eigenvalue weighted by Gasteiger charge is -2.22. The van der Waals surface area contributed by atoms with Crippen LogP contribution in [0.4, 0.5) is 0 Å². The van der Waals surface area contributed by atoms with E-state index in [0.717, 1.165) is 17.7 Å². The van der Waals surface area contributed by atoms with Crippen LogP contribution in [-0.4, -0.2) is 17.7 Å². The molecule has 0 bridgehead atoms. The zero-order valence-electron chi connectivity index (χ0n) is 9.16. The van der Waals surface area contributed by atoms with Gasteiger partial charge >= 0.3 is 0 Å². The predicted octanol–water partition coefficient (Wildman–Crippen LogP) is 2.70. The Hall–Kier alpha value is -1.57. The van der Waals surface area contributed by atoms with Gasteiger partial charge in [0.05, 0.1) is 0 Å². The van der Waals surface area contributed by atoms with Crippen molar-refractivity contribution in [3.63, 3.8) is 0 Å². The lowest BCUT2D eigenvalue weighted by atomic mass is 9.95. The molecule has 0 amide bonds. The highest BCUT2D eigenvalue weighted by Crippen LogP contribution is 2.23. The quantitative estimate of drug-likeness (QED) is 0.686. The Morgan fingerprint density at radius 1 is 1.47 bits per heavy atom. The third-order valence-electron chi connectivity index (χ3n) is 2.73. The molecule has 2 rings (SSSR count). The Balaban J connectivity index is 2.49. The van der Waals surface area contributed by atoms with Crippen LogP contribution in [0.1, 0.15) is 34.8 Å². The van der Waals surface area contributed by atoms with E-state index in [1.54, 1.807) is 0 Å². The Morgan fingerprint density at radius 2 is 2.27 bits per heavy atom. The minimum absolute atomic E-state index is 0.223. The summed E-state index contributed by atoms with van der Waals surface area (Å²) in [5.41, 5.74) is 3.20. The van der Waals surface area contributed by atoms with Crippen molar-refractivity contribution in [3.8, 4) is 0 Å². The molecule has 0 atom stereocenters. The number of nitrogens with zero attached hydrogens (tertiary/aromatic N) is 1. The Bertz CT molecular complexity index is 421. The third kappa shape index (κ3) is 1.80. The number of benzene rings is 1. The van der Waals surface area contributed by atoms with Gasteiger partial charge in [-0.15, -0.1) is 0 Å². The molecule has 0 N–H and O–H groups in total. The maximum absolute atomic E-state index is 11.7. The predicted molar refractivity (Wildman–Crippen MR) is 61.6 cm³/mol. The highest BCUT2D eigenvalue weighted by atomic mass is 16.1. The Labute approximate surface area is 90.2 Å². The van der Waals surface area contributed by atoms with Crippen LogP contribution in [0.2, 0.25) is 0 Å². The molecule has 0 fully saturated rings. The molecule has 0 saturated carbocycles. The van der Waals surface area contributed by atoms with Crippen LogP contribution in [0.3, 0.4) is 0 Å². The second-order valence-corrected chi connectivity index (χ2v) is 3.89. The summed E-state index contributed by atoms with van der Waals surface area (Å²) in [4.78, 5) is 13.8. The van der Waals surface area contributed by atoms with Crippen molar-refractivity contribution in [1.29, 1.82) is 0 Å². The van der Waals surface area contributed by atoms with Crippen LogP contribution in [0.25, 0.3) is 6.08 Å². The largest absolute Gasteiger partial charge is 0.376 e. The topological polar surface area (TPSA) is 20.3 Å². The summed E-state index contributed by atoms with van der Waals surface area (Å²) in [6.45, 7) is 2.79. The van der Waals surface area contributed by atoms with Gasteiger partial charge in [-0.2, -0.15) is 0 Å². The van der Waals surface area contributed by atoms with Crippen molar-refractivity contribution in [2.75, 3.05) is 7.05 Å². The van der Waals surface area contributed by atoms with Crippen molar-refractivity contribution in [2.45, 2.75) is 19.9 Å². The minimum atomic E-state index is 0.223. The molecule has 1 heterocycles. The van der Waals surface area contributed by atoms with Crippen LogP contribution in [0.5, 0.6) is 0 Å². The lowest BCUT2D eigenvalue weighted by Crippen LogP contribution is -2.16. The Kier molecular flexibility index (Phi) is 2.58. The molecule has 0 radical (unpaired) electrons. The number of carbonyl (C=O) groups excluding carboxylic acids is 1. The van der Waals surface area contributed by atoms with Crippen LogP contribution < -0.4 is 0 Å². The number of hydrogen-bond donors (Lipinski definition) is 0. The third-order valence-corrected chi connectivity index (χ3v) is 2.73. The highest BCUT2D eigenvalue weighted by molar-refractivity contribution is 5.99. The fourth-order valence-electron chi connectivity index (χ4n) is 1.90. The van der Waals surface area contributed by atoms with Gasteiger partial charge in [-0.05, 0) is 23.4 Å². The van der Waals surface area contributed by atoms with E-state index in [9.17, 15) is 4.79 Å². The van der Waals surface area contributed by atoms with Gasteiger partial charge in [-0.25, -0.2) is 0 Å². The lowest BCUT2D eigenvalue weighted by molar-refractivity contribution is 0.0988. The maximum Gasteiger partial charge on any atom is 0.163 e. The van der Waals surface area contributed by atoms with E-state index in [-0.39, 0.29) is 5.78 Å². The monoisotopic (exact) mass is 201 g/mol. The fraction of sp³-hybridized carbons (Fsp3) is 0.308. The van der Waals surface area contributed by atoms with E-state index in [0.29, 0.717) is 6.42 Å². The van der Waals surface area contributed by atoms with E-state index < -0.39 is 0 Å². The van der Waals surface area contributed by atoms with E-state index in [4.69, 9.17) is 0 Å². The molecule has 2 nitrogen and oxygen atoms in total. The zero-order valence-corrected chi connectivity index (χ0v) is 9.16. The molecular formula is C13H15NO. The molecule has 0 aliphatic carbocycles. The first kappa shape index (κ1) is 9.97. The van der Waals surface area contributed by atoms with Crippen LogP contribution in [0.15, 0.2) is 24.4 Å². The van der Waals surface area contributed by atoms with Crippen LogP contribution in [-0.2, 0) is 6.54 Å². The average molecular weight is 201 g/mol. The van der Waals surface area contributed by atoms with Gasteiger partial charge < -0.3 is 4.90 Å². The van der Waals surface area contributed by atoms with Gasteiger partial charge in [0.1, 0.15) is 0 Å². The van der Waals surface area contributed by atoms with E-state index in [1.807, 2.05) is 38.4 Å². The summed E-state index contributed by atoms with van der Waals surface area (Å²) in [5, 5.41) is 0.